The van der Waals surface area contributed by atoms with Crippen molar-refractivity contribution < 1.29 is 17.8 Å². The Morgan fingerprint density at radius 2 is 1.78 bits per heavy atom. The van der Waals surface area contributed by atoms with Gasteiger partial charge in [0.25, 0.3) is 10.1 Å². The van der Waals surface area contributed by atoms with Crippen LogP contribution in [0.25, 0.3) is 16.5 Å². The number of carbonyl (C=O) groups excluding carboxylic acids is 1. The monoisotopic (exact) mass is 329 g/mol. The molecule has 0 spiro atoms. The largest absolute Gasteiger partial charge is 0.295 e. The number of rotatable bonds is 5. The van der Waals surface area contributed by atoms with Crippen molar-refractivity contribution in [3.8, 4) is 0 Å². The van der Waals surface area contributed by atoms with Crippen molar-refractivity contribution in [3.05, 3.63) is 76.2 Å². The van der Waals surface area contributed by atoms with E-state index in [0.29, 0.717) is 11.3 Å². The van der Waals surface area contributed by atoms with Crippen LogP contribution in [0.4, 0.5) is 5.69 Å². The third kappa shape index (κ3) is 4.27. The maximum absolute atomic E-state index is 12.1. The molecule has 0 heterocycles. The minimum atomic E-state index is -4.47. The lowest BCUT2D eigenvalue weighted by Gasteiger charge is -2.03. The summed E-state index contributed by atoms with van der Waals surface area (Å²) < 4.78 is 31.7. The molecule has 1 N–H and O–H groups in total. The zero-order valence-corrected chi connectivity index (χ0v) is 12.5. The predicted molar refractivity (Wildman–Crippen MR) is 84.9 cm³/mol. The molecule has 0 aliphatic heterocycles. The van der Waals surface area contributed by atoms with Crippen molar-refractivity contribution in [2.45, 2.75) is 4.90 Å². The molecule has 0 atom stereocenters. The van der Waals surface area contributed by atoms with E-state index in [1.165, 1.54) is 30.4 Å². The van der Waals surface area contributed by atoms with Crippen LogP contribution in [-0.4, -0.2) is 18.8 Å². The number of hydrogen-bond acceptors (Lipinski definition) is 4. The summed E-state index contributed by atoms with van der Waals surface area (Å²) in [5, 5.41) is 3.42. The molecule has 0 fully saturated rings. The van der Waals surface area contributed by atoms with Gasteiger partial charge in [-0.25, -0.2) is 0 Å². The summed E-state index contributed by atoms with van der Waals surface area (Å²) in [7, 11) is -4.47. The maximum Gasteiger partial charge on any atom is 0.295 e. The molecule has 0 saturated carbocycles. The number of benzene rings is 2. The third-order valence-electron chi connectivity index (χ3n) is 2.91. The minimum Gasteiger partial charge on any atom is -0.289 e. The normalized spacial score (nSPS) is 11.2. The Morgan fingerprint density at radius 1 is 1.13 bits per heavy atom. The first-order valence-electron chi connectivity index (χ1n) is 6.36. The average Bonchev–Trinajstić information content (AvgIpc) is 2.53. The van der Waals surface area contributed by atoms with Gasteiger partial charge >= 0.3 is 0 Å². The summed E-state index contributed by atoms with van der Waals surface area (Å²) >= 11 is 0. The van der Waals surface area contributed by atoms with Gasteiger partial charge in [0, 0.05) is 16.2 Å². The standard InChI is InChI=1S/C15H11N3O4S/c16-18-17-12-8-5-11(6-9-12)7-10-14(19)13-3-1-2-4-15(13)23(20,21)22/h1-10H,(H,20,21,22). The van der Waals surface area contributed by atoms with Gasteiger partial charge in [0.15, 0.2) is 5.78 Å². The molecule has 0 bridgehead atoms. The molecular weight excluding hydrogens is 318 g/mol. The second kappa shape index (κ2) is 6.89. The van der Waals surface area contributed by atoms with Gasteiger partial charge < -0.3 is 0 Å². The first kappa shape index (κ1) is 16.4. The first-order chi connectivity index (χ1) is 10.9. The van der Waals surface area contributed by atoms with Crippen LogP contribution in [-0.2, 0) is 10.1 Å². The number of azide groups is 1. The number of nitrogens with zero attached hydrogens (tertiary/aromatic N) is 3. The summed E-state index contributed by atoms with van der Waals surface area (Å²) in [4.78, 5) is 14.3. The molecule has 116 valence electrons. The Balaban J connectivity index is 2.27. The van der Waals surface area contributed by atoms with Crippen molar-refractivity contribution in [1.82, 2.24) is 0 Å². The summed E-state index contributed by atoms with van der Waals surface area (Å²) in [6, 6.07) is 11.8. The van der Waals surface area contributed by atoms with Crippen LogP contribution in [0.3, 0.4) is 0 Å². The second-order valence-electron chi connectivity index (χ2n) is 4.45. The van der Waals surface area contributed by atoms with Gasteiger partial charge in [-0.2, -0.15) is 8.42 Å². The highest BCUT2D eigenvalue weighted by Gasteiger charge is 2.17. The van der Waals surface area contributed by atoms with Gasteiger partial charge in [-0.15, -0.1) is 0 Å². The molecule has 8 heteroatoms. The predicted octanol–water partition coefficient (Wildman–Crippen LogP) is 3.77. The Kier molecular flexibility index (Phi) is 4.92. The zero-order valence-electron chi connectivity index (χ0n) is 11.7. The van der Waals surface area contributed by atoms with Crippen LogP contribution in [0.15, 0.2) is 64.6 Å². The summed E-state index contributed by atoms with van der Waals surface area (Å²) in [6.07, 6.45) is 2.69. The molecule has 2 rings (SSSR count). The molecule has 0 aromatic heterocycles. The zero-order chi connectivity index (χ0) is 16.9. The average molecular weight is 329 g/mol. The Bertz CT molecular complexity index is 912. The molecule has 2 aromatic rings. The van der Waals surface area contributed by atoms with Crippen LogP contribution in [0, 0.1) is 0 Å². The van der Waals surface area contributed by atoms with E-state index in [9.17, 15) is 13.2 Å². The van der Waals surface area contributed by atoms with Crippen molar-refractivity contribution >= 4 is 27.7 Å². The highest BCUT2D eigenvalue weighted by Crippen LogP contribution is 2.18. The summed E-state index contributed by atoms with van der Waals surface area (Å²) in [6.45, 7) is 0. The molecular formula is C15H11N3O4S. The van der Waals surface area contributed by atoms with Gasteiger partial charge in [-0.05, 0) is 29.3 Å². The van der Waals surface area contributed by atoms with Crippen LogP contribution in [0.5, 0.6) is 0 Å². The molecule has 2 aromatic carbocycles. The Hall–Kier alpha value is -2.93. The number of hydrogen-bond donors (Lipinski definition) is 1. The van der Waals surface area contributed by atoms with Crippen molar-refractivity contribution in [1.29, 1.82) is 0 Å². The lowest BCUT2D eigenvalue weighted by atomic mass is 10.1. The second-order valence-corrected chi connectivity index (χ2v) is 5.84. The fourth-order valence-electron chi connectivity index (χ4n) is 1.86. The van der Waals surface area contributed by atoms with E-state index in [4.69, 9.17) is 10.1 Å². The minimum absolute atomic E-state index is 0.114. The topological polar surface area (TPSA) is 120 Å². The maximum atomic E-state index is 12.1. The van der Waals surface area contributed by atoms with Crippen LogP contribution in [0.1, 0.15) is 15.9 Å². The van der Waals surface area contributed by atoms with E-state index in [-0.39, 0.29) is 5.56 Å². The van der Waals surface area contributed by atoms with E-state index in [1.54, 1.807) is 24.3 Å². The van der Waals surface area contributed by atoms with Crippen LogP contribution in [0.2, 0.25) is 0 Å². The molecule has 0 aliphatic carbocycles. The van der Waals surface area contributed by atoms with Gasteiger partial charge in [-0.3, -0.25) is 9.35 Å². The first-order valence-corrected chi connectivity index (χ1v) is 7.80. The smallest absolute Gasteiger partial charge is 0.289 e. The highest BCUT2D eigenvalue weighted by molar-refractivity contribution is 7.86. The van der Waals surface area contributed by atoms with Crippen molar-refractivity contribution in [2.75, 3.05) is 0 Å². The van der Waals surface area contributed by atoms with E-state index in [0.717, 1.165) is 6.07 Å². The van der Waals surface area contributed by atoms with E-state index in [2.05, 4.69) is 10.0 Å². The third-order valence-corrected chi connectivity index (χ3v) is 3.82. The van der Waals surface area contributed by atoms with Gasteiger partial charge in [-0.1, -0.05) is 47.6 Å². The Labute approximate surface area is 132 Å². The summed E-state index contributed by atoms with van der Waals surface area (Å²) in [5.41, 5.74) is 9.30. The number of ketones is 1. The van der Waals surface area contributed by atoms with Crippen molar-refractivity contribution in [3.63, 3.8) is 0 Å². The quantitative estimate of drug-likeness (QED) is 0.224. The van der Waals surface area contributed by atoms with Crippen molar-refractivity contribution in [2.24, 2.45) is 5.11 Å². The highest BCUT2D eigenvalue weighted by atomic mass is 32.2. The van der Waals surface area contributed by atoms with Crippen LogP contribution < -0.4 is 0 Å². The van der Waals surface area contributed by atoms with E-state index in [1.807, 2.05) is 0 Å². The molecule has 0 aliphatic rings. The molecule has 0 amide bonds. The SMILES string of the molecule is [N-]=[N+]=Nc1ccc(C=CC(=O)c2ccccc2S(=O)(=O)O)cc1. The number of carbonyl (C=O) groups is 1. The number of allylic oxidation sites excluding steroid dienone is 1. The lowest BCUT2D eigenvalue weighted by molar-refractivity contribution is 0.104. The van der Waals surface area contributed by atoms with Gasteiger partial charge in [0.1, 0.15) is 4.90 Å². The molecule has 0 radical (unpaired) electrons. The summed E-state index contributed by atoms with van der Waals surface area (Å²) in [5.74, 6) is -0.558. The van der Waals surface area contributed by atoms with E-state index < -0.39 is 20.8 Å². The van der Waals surface area contributed by atoms with Gasteiger partial charge in [0.2, 0.25) is 0 Å². The Morgan fingerprint density at radius 3 is 2.39 bits per heavy atom. The van der Waals surface area contributed by atoms with Gasteiger partial charge in [0.05, 0.1) is 0 Å². The fourth-order valence-corrected chi connectivity index (χ4v) is 2.56. The molecule has 7 nitrogen and oxygen atoms in total. The molecule has 0 saturated heterocycles. The van der Waals surface area contributed by atoms with Crippen LogP contribution >= 0.6 is 0 Å². The molecule has 0 unspecified atom stereocenters. The lowest BCUT2D eigenvalue weighted by Crippen LogP contribution is -2.06. The molecule has 23 heavy (non-hydrogen) atoms. The fraction of sp³-hybridized carbons (Fsp3) is 0. The van der Waals surface area contributed by atoms with E-state index >= 15 is 0 Å².